The fourth-order valence-electron chi connectivity index (χ4n) is 2.71. The molecule has 1 amide bonds. The molecule has 2 aromatic heterocycles. The van der Waals surface area contributed by atoms with Crippen molar-refractivity contribution in [3.05, 3.63) is 64.8 Å². The van der Waals surface area contributed by atoms with E-state index < -0.39 is 5.82 Å². The highest BCUT2D eigenvalue weighted by Gasteiger charge is 2.21. The quantitative estimate of drug-likeness (QED) is 0.666. The predicted molar refractivity (Wildman–Crippen MR) is 102 cm³/mol. The summed E-state index contributed by atoms with van der Waals surface area (Å²) in [5, 5.41) is 11.6. The Morgan fingerprint density at radius 3 is 2.92 bits per heavy atom. The lowest BCUT2D eigenvalue weighted by Gasteiger charge is -2.17. The third kappa shape index (κ3) is 4.16. The molecule has 0 aliphatic rings. The summed E-state index contributed by atoms with van der Waals surface area (Å²) in [5.41, 5.74) is 0.907. The molecule has 0 aliphatic heterocycles. The van der Waals surface area contributed by atoms with Crippen molar-refractivity contribution >= 4 is 34.9 Å². The van der Waals surface area contributed by atoms with E-state index in [-0.39, 0.29) is 29.0 Å². The van der Waals surface area contributed by atoms with Crippen LogP contribution in [0.15, 0.2) is 42.6 Å². The summed E-state index contributed by atoms with van der Waals surface area (Å²) in [7, 11) is 0. The Balaban J connectivity index is 1.81. The van der Waals surface area contributed by atoms with Crippen molar-refractivity contribution in [2.45, 2.75) is 18.9 Å². The van der Waals surface area contributed by atoms with Crippen molar-refractivity contribution < 1.29 is 9.18 Å². The Bertz CT molecular complexity index is 897. The largest absolute Gasteiger partial charge is 0.346 e. The number of pyridine rings is 1. The maximum Gasteiger partial charge on any atom is 0.225 e. The van der Waals surface area contributed by atoms with Crippen molar-refractivity contribution in [3.8, 4) is 0 Å². The highest BCUT2D eigenvalue weighted by Crippen LogP contribution is 2.21. The number of thioether (sulfide) groups is 1. The minimum Gasteiger partial charge on any atom is -0.346 e. The summed E-state index contributed by atoms with van der Waals surface area (Å²) in [6.45, 7) is 0. The number of fused-ring (bicyclic) bond motifs is 1. The highest BCUT2D eigenvalue weighted by molar-refractivity contribution is 7.98. The van der Waals surface area contributed by atoms with Crippen LogP contribution in [0.2, 0.25) is 5.02 Å². The molecule has 0 bridgehead atoms. The predicted octanol–water partition coefficient (Wildman–Crippen LogP) is 3.67. The van der Waals surface area contributed by atoms with Gasteiger partial charge in [-0.15, -0.1) is 10.2 Å². The third-order valence-electron chi connectivity index (χ3n) is 4.00. The molecular formula is C18H18ClFN4OS. The molecule has 8 heteroatoms. The molecule has 0 saturated heterocycles. The Morgan fingerprint density at radius 1 is 1.31 bits per heavy atom. The van der Waals surface area contributed by atoms with Gasteiger partial charge in [0.15, 0.2) is 11.5 Å². The van der Waals surface area contributed by atoms with E-state index in [0.717, 1.165) is 5.75 Å². The first-order valence-electron chi connectivity index (χ1n) is 8.11. The number of nitrogens with zero attached hydrogens (tertiary/aromatic N) is 3. The zero-order chi connectivity index (χ0) is 18.5. The normalized spacial score (nSPS) is 12.3. The van der Waals surface area contributed by atoms with Gasteiger partial charge in [0.2, 0.25) is 5.91 Å². The van der Waals surface area contributed by atoms with Gasteiger partial charge in [0.25, 0.3) is 0 Å². The van der Waals surface area contributed by atoms with Crippen LogP contribution in [-0.2, 0) is 11.2 Å². The molecule has 3 aromatic rings. The molecule has 1 N–H and O–H groups in total. The lowest BCUT2D eigenvalue weighted by Crippen LogP contribution is -2.32. The molecule has 1 aromatic carbocycles. The van der Waals surface area contributed by atoms with Crippen molar-refractivity contribution in [3.63, 3.8) is 0 Å². The summed E-state index contributed by atoms with van der Waals surface area (Å²) in [4.78, 5) is 12.5. The number of amides is 1. The van der Waals surface area contributed by atoms with Gasteiger partial charge in [0, 0.05) is 16.8 Å². The second kappa shape index (κ2) is 8.51. The zero-order valence-electron chi connectivity index (χ0n) is 14.2. The monoisotopic (exact) mass is 392 g/mol. The number of rotatable bonds is 7. The van der Waals surface area contributed by atoms with Gasteiger partial charge in [-0.2, -0.15) is 11.8 Å². The van der Waals surface area contributed by atoms with E-state index in [1.807, 2.05) is 35.1 Å². The smallest absolute Gasteiger partial charge is 0.225 e. The summed E-state index contributed by atoms with van der Waals surface area (Å²) < 4.78 is 15.8. The van der Waals surface area contributed by atoms with Crippen LogP contribution < -0.4 is 5.32 Å². The average Bonchev–Trinajstić information content (AvgIpc) is 3.06. The first kappa shape index (κ1) is 18.7. The van der Waals surface area contributed by atoms with Gasteiger partial charge in [0.05, 0.1) is 12.5 Å². The number of carbonyl (C=O) groups excluding carboxylic acids is 1. The first-order valence-corrected chi connectivity index (χ1v) is 9.88. The summed E-state index contributed by atoms with van der Waals surface area (Å²) >= 11 is 7.70. The van der Waals surface area contributed by atoms with Crippen molar-refractivity contribution in [2.75, 3.05) is 12.0 Å². The van der Waals surface area contributed by atoms with E-state index in [1.54, 1.807) is 17.8 Å². The number of hydrogen-bond acceptors (Lipinski definition) is 4. The zero-order valence-corrected chi connectivity index (χ0v) is 15.7. The highest BCUT2D eigenvalue weighted by atomic mass is 35.5. The molecular weight excluding hydrogens is 375 g/mol. The molecule has 136 valence electrons. The van der Waals surface area contributed by atoms with Crippen molar-refractivity contribution in [1.82, 2.24) is 19.9 Å². The minimum atomic E-state index is -0.485. The lowest BCUT2D eigenvalue weighted by molar-refractivity contribution is -0.121. The number of aromatic nitrogens is 3. The van der Waals surface area contributed by atoms with E-state index in [4.69, 9.17) is 11.6 Å². The van der Waals surface area contributed by atoms with Crippen LogP contribution in [0.4, 0.5) is 4.39 Å². The molecule has 5 nitrogen and oxygen atoms in total. The van der Waals surface area contributed by atoms with E-state index >= 15 is 0 Å². The summed E-state index contributed by atoms with van der Waals surface area (Å²) in [6, 6.07) is 9.68. The second-order valence-corrected chi connectivity index (χ2v) is 7.16. The van der Waals surface area contributed by atoms with Gasteiger partial charge in [-0.05, 0) is 42.7 Å². The Kier molecular flexibility index (Phi) is 6.11. The average molecular weight is 393 g/mol. The third-order valence-corrected chi connectivity index (χ3v) is 4.99. The maximum atomic E-state index is 13.9. The number of halogens is 2. The van der Waals surface area contributed by atoms with Gasteiger partial charge in [-0.1, -0.05) is 23.7 Å². The van der Waals surface area contributed by atoms with Crippen LogP contribution in [0.1, 0.15) is 23.9 Å². The van der Waals surface area contributed by atoms with E-state index in [0.29, 0.717) is 17.9 Å². The molecule has 3 rings (SSSR count). The Morgan fingerprint density at radius 2 is 2.15 bits per heavy atom. The SMILES string of the molecule is CSCC[C@H](NC(=O)Cc1c(F)cccc1Cl)c1nnc2ccccn12. The first-order chi connectivity index (χ1) is 12.6. The van der Waals surface area contributed by atoms with E-state index in [1.165, 1.54) is 12.1 Å². The molecule has 0 fully saturated rings. The lowest BCUT2D eigenvalue weighted by atomic mass is 10.1. The molecule has 0 unspecified atom stereocenters. The van der Waals surface area contributed by atoms with Crippen LogP contribution in [0.3, 0.4) is 0 Å². The molecule has 0 radical (unpaired) electrons. The standard InChI is InChI=1S/C18H18ClFN4OS/c1-26-10-8-15(18-23-22-16-7-2-3-9-24(16)18)21-17(25)11-12-13(19)5-4-6-14(12)20/h2-7,9,15H,8,10-11H2,1H3,(H,21,25)/t15-/m0/s1. The van der Waals surface area contributed by atoms with Gasteiger partial charge in [-0.3, -0.25) is 9.20 Å². The number of benzene rings is 1. The van der Waals surface area contributed by atoms with Gasteiger partial charge in [-0.25, -0.2) is 4.39 Å². The maximum absolute atomic E-state index is 13.9. The molecule has 2 heterocycles. The fraction of sp³-hybridized carbons (Fsp3) is 0.278. The van der Waals surface area contributed by atoms with Gasteiger partial charge >= 0.3 is 0 Å². The van der Waals surface area contributed by atoms with E-state index in [2.05, 4.69) is 15.5 Å². The van der Waals surface area contributed by atoms with Crippen molar-refractivity contribution in [2.24, 2.45) is 0 Å². The van der Waals surface area contributed by atoms with Crippen molar-refractivity contribution in [1.29, 1.82) is 0 Å². The molecule has 0 aliphatic carbocycles. The van der Waals surface area contributed by atoms with Crippen LogP contribution in [0, 0.1) is 5.82 Å². The second-order valence-electron chi connectivity index (χ2n) is 5.77. The van der Waals surface area contributed by atoms with Crippen LogP contribution >= 0.6 is 23.4 Å². The van der Waals surface area contributed by atoms with Gasteiger partial charge in [0.1, 0.15) is 5.82 Å². The molecule has 1 atom stereocenters. The minimum absolute atomic E-state index is 0.127. The summed E-state index contributed by atoms with van der Waals surface area (Å²) in [6.07, 6.45) is 4.42. The summed E-state index contributed by atoms with van der Waals surface area (Å²) in [5.74, 6) is 0.701. The Hall–Kier alpha value is -2.12. The van der Waals surface area contributed by atoms with E-state index in [9.17, 15) is 9.18 Å². The number of carbonyl (C=O) groups is 1. The molecule has 26 heavy (non-hydrogen) atoms. The van der Waals surface area contributed by atoms with Gasteiger partial charge < -0.3 is 5.32 Å². The molecule has 0 saturated carbocycles. The number of hydrogen-bond donors (Lipinski definition) is 1. The van der Waals surface area contributed by atoms with Crippen LogP contribution in [0.25, 0.3) is 5.65 Å². The Labute approximate surface area is 160 Å². The number of nitrogens with one attached hydrogen (secondary N) is 1. The van der Waals surface area contributed by atoms with Crippen LogP contribution in [-0.4, -0.2) is 32.5 Å². The topological polar surface area (TPSA) is 59.3 Å². The van der Waals surface area contributed by atoms with Crippen LogP contribution in [0.5, 0.6) is 0 Å². The fourth-order valence-corrected chi connectivity index (χ4v) is 3.41. The molecule has 0 spiro atoms.